The summed E-state index contributed by atoms with van der Waals surface area (Å²) in [6.45, 7) is 0. The van der Waals surface area contributed by atoms with E-state index in [9.17, 15) is 4.79 Å². The maximum Gasteiger partial charge on any atom is 0.335 e. The molecule has 2 aromatic carbocycles. The Morgan fingerprint density at radius 1 is 1.06 bits per heavy atom. The first-order chi connectivity index (χ1) is 15.2. The van der Waals surface area contributed by atoms with Crippen molar-refractivity contribution in [1.29, 1.82) is 0 Å². The number of carbonyl (C=O) groups is 1. The predicted molar refractivity (Wildman–Crippen MR) is 115 cm³/mol. The molecule has 4 aromatic rings. The number of hydrogen-bond acceptors (Lipinski definition) is 6. The van der Waals surface area contributed by atoms with Crippen LogP contribution in [0, 0.1) is 0 Å². The second kappa shape index (κ2) is 7.95. The Labute approximate surface area is 178 Å². The molecule has 31 heavy (non-hydrogen) atoms. The van der Waals surface area contributed by atoms with E-state index in [-0.39, 0.29) is 5.56 Å². The Kier molecular flexibility index (Phi) is 4.84. The topological polar surface area (TPSA) is 97.5 Å². The summed E-state index contributed by atoms with van der Waals surface area (Å²) in [4.78, 5) is 20.2. The first kappa shape index (κ1) is 18.9. The van der Waals surface area contributed by atoms with Gasteiger partial charge in [0.1, 0.15) is 11.6 Å². The molecule has 0 saturated heterocycles. The van der Waals surface area contributed by atoms with Crippen molar-refractivity contribution in [3.8, 4) is 23.0 Å². The predicted octanol–water partition coefficient (Wildman–Crippen LogP) is 5.85. The molecule has 2 N–H and O–H groups in total. The number of nitrogens with one attached hydrogen (secondary N) is 1. The highest BCUT2D eigenvalue weighted by atomic mass is 16.6. The van der Waals surface area contributed by atoms with E-state index in [1.807, 2.05) is 30.3 Å². The fourth-order valence-corrected chi connectivity index (χ4v) is 3.20. The van der Waals surface area contributed by atoms with Crippen molar-refractivity contribution in [1.82, 2.24) is 9.97 Å². The highest BCUT2D eigenvalue weighted by Gasteiger charge is 2.31. The Morgan fingerprint density at radius 3 is 2.68 bits per heavy atom. The third-order valence-corrected chi connectivity index (χ3v) is 4.91. The number of carboxylic acid groups (broad SMARTS) is 1. The number of hydrogen-bond donors (Lipinski definition) is 2. The number of aromatic carboxylic acids is 1. The van der Waals surface area contributed by atoms with Crippen molar-refractivity contribution >= 4 is 17.5 Å². The lowest BCUT2D eigenvalue weighted by molar-refractivity contribution is 0.0697. The molecule has 1 fully saturated rings. The standard InChI is InChI=1S/C24H19N3O4/c28-23(29)17-7-4-8-18(13-17)26-20-14-19(11-12-25-20)30-24-21(15-5-2-1-3-6-15)27-22(31-24)16-9-10-16/h1-8,11-14,16H,9-10H2,(H,25,26)(H,28,29). The van der Waals surface area contributed by atoms with Crippen LogP contribution in [0.3, 0.4) is 0 Å². The van der Waals surface area contributed by atoms with Gasteiger partial charge in [0.15, 0.2) is 5.69 Å². The lowest BCUT2D eigenvalue weighted by atomic mass is 10.2. The van der Waals surface area contributed by atoms with Gasteiger partial charge >= 0.3 is 11.9 Å². The SMILES string of the molecule is O=C(O)c1cccc(Nc2cc(Oc3oc(C4CC4)nc3-c3ccccc3)ccn2)c1. The Balaban J connectivity index is 1.41. The third kappa shape index (κ3) is 4.25. The van der Waals surface area contributed by atoms with Crippen LogP contribution in [0.15, 0.2) is 77.3 Å². The van der Waals surface area contributed by atoms with E-state index in [1.54, 1.807) is 36.5 Å². The Morgan fingerprint density at radius 2 is 1.90 bits per heavy atom. The Hall–Kier alpha value is -4.13. The Bertz CT molecular complexity index is 1230. The number of aromatic nitrogens is 2. The minimum absolute atomic E-state index is 0.194. The van der Waals surface area contributed by atoms with Crippen LogP contribution in [0.1, 0.15) is 35.0 Å². The van der Waals surface area contributed by atoms with Gasteiger partial charge in [0, 0.05) is 29.4 Å². The lowest BCUT2D eigenvalue weighted by Crippen LogP contribution is -1.99. The molecule has 7 nitrogen and oxygen atoms in total. The van der Waals surface area contributed by atoms with E-state index in [0.29, 0.717) is 40.7 Å². The summed E-state index contributed by atoms with van der Waals surface area (Å²) in [6.07, 6.45) is 3.76. The zero-order valence-electron chi connectivity index (χ0n) is 16.5. The maximum absolute atomic E-state index is 11.2. The molecule has 0 radical (unpaired) electrons. The largest absolute Gasteiger partial charge is 0.478 e. The van der Waals surface area contributed by atoms with Crippen LogP contribution in [0.5, 0.6) is 11.7 Å². The smallest absolute Gasteiger partial charge is 0.335 e. The number of pyridine rings is 1. The molecule has 5 rings (SSSR count). The summed E-state index contributed by atoms with van der Waals surface area (Å²) in [5.41, 5.74) is 2.40. The number of carboxylic acids is 1. The molecule has 7 heteroatoms. The zero-order valence-corrected chi connectivity index (χ0v) is 16.5. The molecule has 1 saturated carbocycles. The van der Waals surface area contributed by atoms with Crippen LogP contribution >= 0.6 is 0 Å². The summed E-state index contributed by atoms with van der Waals surface area (Å²) in [5, 5.41) is 12.3. The van der Waals surface area contributed by atoms with E-state index in [4.69, 9.17) is 14.3 Å². The normalized spacial score (nSPS) is 13.0. The van der Waals surface area contributed by atoms with Crippen molar-refractivity contribution in [3.05, 3.63) is 84.4 Å². The van der Waals surface area contributed by atoms with E-state index < -0.39 is 5.97 Å². The van der Waals surface area contributed by atoms with Crippen molar-refractivity contribution in [2.24, 2.45) is 0 Å². The first-order valence-electron chi connectivity index (χ1n) is 9.96. The van der Waals surface area contributed by atoms with Crippen molar-refractivity contribution in [2.45, 2.75) is 18.8 Å². The molecular formula is C24H19N3O4. The van der Waals surface area contributed by atoms with E-state index in [0.717, 1.165) is 18.4 Å². The highest BCUT2D eigenvalue weighted by Crippen LogP contribution is 2.44. The molecule has 1 aliphatic rings. The summed E-state index contributed by atoms with van der Waals surface area (Å²) in [5.74, 6) is 1.46. The quantitative estimate of drug-likeness (QED) is 0.392. The fraction of sp³-hybridized carbons (Fsp3) is 0.125. The van der Waals surface area contributed by atoms with Crippen LogP contribution < -0.4 is 10.1 Å². The number of rotatable bonds is 7. The molecule has 0 aliphatic heterocycles. The van der Waals surface area contributed by atoms with Crippen LogP contribution in [0.4, 0.5) is 11.5 Å². The molecule has 154 valence electrons. The summed E-state index contributed by atoms with van der Waals surface area (Å²) >= 11 is 0. The second-order valence-electron chi connectivity index (χ2n) is 7.32. The van der Waals surface area contributed by atoms with Gasteiger partial charge in [-0.05, 0) is 37.1 Å². The number of anilines is 2. The van der Waals surface area contributed by atoms with Gasteiger partial charge in [-0.1, -0.05) is 36.4 Å². The summed E-state index contributed by atoms with van der Waals surface area (Å²) in [6, 6.07) is 19.8. The second-order valence-corrected chi connectivity index (χ2v) is 7.32. The molecule has 0 unspecified atom stereocenters. The lowest BCUT2D eigenvalue weighted by Gasteiger charge is -2.09. The molecule has 2 aromatic heterocycles. The van der Waals surface area contributed by atoms with Gasteiger partial charge in [-0.15, -0.1) is 0 Å². The summed E-state index contributed by atoms with van der Waals surface area (Å²) < 4.78 is 12.0. The van der Waals surface area contributed by atoms with E-state index in [1.165, 1.54) is 6.07 Å². The van der Waals surface area contributed by atoms with Gasteiger partial charge in [-0.2, -0.15) is 0 Å². The van der Waals surface area contributed by atoms with Gasteiger partial charge in [-0.3, -0.25) is 0 Å². The number of benzene rings is 2. The minimum atomic E-state index is -0.987. The summed E-state index contributed by atoms with van der Waals surface area (Å²) in [7, 11) is 0. The molecular weight excluding hydrogens is 394 g/mol. The van der Waals surface area contributed by atoms with Gasteiger partial charge in [-0.25, -0.2) is 14.8 Å². The molecule has 0 bridgehead atoms. The zero-order chi connectivity index (χ0) is 21.2. The van der Waals surface area contributed by atoms with Crippen LogP contribution in [-0.2, 0) is 0 Å². The van der Waals surface area contributed by atoms with Crippen molar-refractivity contribution in [2.75, 3.05) is 5.32 Å². The number of nitrogens with zero attached hydrogens (tertiary/aromatic N) is 2. The fourth-order valence-electron chi connectivity index (χ4n) is 3.20. The van der Waals surface area contributed by atoms with Gasteiger partial charge < -0.3 is 19.6 Å². The molecule has 1 aliphatic carbocycles. The minimum Gasteiger partial charge on any atom is -0.478 e. The average Bonchev–Trinajstić information content (AvgIpc) is 3.55. The first-order valence-corrected chi connectivity index (χ1v) is 9.96. The number of ether oxygens (including phenoxy) is 1. The van der Waals surface area contributed by atoms with Crippen molar-refractivity contribution < 1.29 is 19.1 Å². The van der Waals surface area contributed by atoms with Gasteiger partial charge in [0.2, 0.25) is 5.89 Å². The highest BCUT2D eigenvalue weighted by molar-refractivity contribution is 5.89. The van der Waals surface area contributed by atoms with Gasteiger partial charge in [0.25, 0.3) is 0 Å². The molecule has 0 spiro atoms. The molecule has 0 atom stereocenters. The van der Waals surface area contributed by atoms with E-state index in [2.05, 4.69) is 15.3 Å². The van der Waals surface area contributed by atoms with E-state index >= 15 is 0 Å². The van der Waals surface area contributed by atoms with Crippen molar-refractivity contribution in [3.63, 3.8) is 0 Å². The van der Waals surface area contributed by atoms with Crippen LogP contribution in [0.2, 0.25) is 0 Å². The number of oxazole rings is 1. The van der Waals surface area contributed by atoms with Crippen LogP contribution in [-0.4, -0.2) is 21.0 Å². The van der Waals surface area contributed by atoms with Crippen LogP contribution in [0.25, 0.3) is 11.3 Å². The van der Waals surface area contributed by atoms with Gasteiger partial charge in [0.05, 0.1) is 5.56 Å². The molecule has 0 amide bonds. The average molecular weight is 413 g/mol. The third-order valence-electron chi connectivity index (χ3n) is 4.91. The molecule has 2 heterocycles. The monoisotopic (exact) mass is 413 g/mol. The maximum atomic E-state index is 11.2.